The molecule has 0 aliphatic carbocycles. The van der Waals surface area contributed by atoms with E-state index in [2.05, 4.69) is 15.1 Å². The number of methoxy groups -OCH3 is 1. The first-order valence-electron chi connectivity index (χ1n) is 7.76. The van der Waals surface area contributed by atoms with Gasteiger partial charge < -0.3 is 9.64 Å². The average molecular weight is 323 g/mol. The topological polar surface area (TPSA) is 72.6 Å². The van der Waals surface area contributed by atoms with E-state index in [1.807, 2.05) is 32.0 Å². The Balaban J connectivity index is 1.74. The van der Waals surface area contributed by atoms with Gasteiger partial charge in [0.1, 0.15) is 5.75 Å². The molecule has 7 nitrogen and oxygen atoms in total. The fourth-order valence-corrected chi connectivity index (χ4v) is 3.12. The van der Waals surface area contributed by atoms with E-state index in [4.69, 9.17) is 4.74 Å². The average Bonchev–Trinajstić information content (AvgIpc) is 3.13. The molecule has 7 heteroatoms. The molecule has 1 aliphatic heterocycles. The van der Waals surface area contributed by atoms with Crippen LogP contribution in [0, 0.1) is 6.92 Å². The van der Waals surface area contributed by atoms with Crippen LogP contribution in [0.2, 0.25) is 0 Å². The molecule has 1 unspecified atom stereocenters. The van der Waals surface area contributed by atoms with Crippen LogP contribution in [0.3, 0.4) is 0 Å². The molecule has 3 heterocycles. The second kappa shape index (κ2) is 5.30. The van der Waals surface area contributed by atoms with Gasteiger partial charge >= 0.3 is 0 Å². The molecule has 1 atom stereocenters. The summed E-state index contributed by atoms with van der Waals surface area (Å²) in [7, 11) is 1.64. The Morgan fingerprint density at radius 1 is 1.38 bits per heavy atom. The maximum Gasteiger partial charge on any atom is 0.298 e. The van der Waals surface area contributed by atoms with E-state index >= 15 is 0 Å². The van der Waals surface area contributed by atoms with Crippen LogP contribution in [0.4, 0.5) is 5.69 Å². The number of rotatable bonds is 2. The molecule has 122 valence electrons. The van der Waals surface area contributed by atoms with E-state index in [0.29, 0.717) is 5.78 Å². The normalized spacial score (nSPS) is 16.5. The molecule has 0 saturated heterocycles. The molecule has 0 bridgehead atoms. The van der Waals surface area contributed by atoms with Crippen LogP contribution >= 0.6 is 0 Å². The zero-order valence-electron chi connectivity index (χ0n) is 13.7. The third kappa shape index (κ3) is 2.20. The van der Waals surface area contributed by atoms with Crippen molar-refractivity contribution < 1.29 is 9.53 Å². The summed E-state index contributed by atoms with van der Waals surface area (Å²) in [5.74, 6) is 1.16. The molecule has 0 spiro atoms. The summed E-state index contributed by atoms with van der Waals surface area (Å²) in [5.41, 5.74) is 2.93. The van der Waals surface area contributed by atoms with Crippen molar-refractivity contribution in [1.82, 2.24) is 19.6 Å². The minimum Gasteiger partial charge on any atom is -0.497 e. The highest BCUT2D eigenvalue weighted by Gasteiger charge is 2.33. The second-order valence-electron chi connectivity index (χ2n) is 6.03. The van der Waals surface area contributed by atoms with Crippen molar-refractivity contribution in [3.8, 4) is 5.75 Å². The van der Waals surface area contributed by atoms with Crippen molar-refractivity contribution in [2.24, 2.45) is 0 Å². The summed E-state index contributed by atoms with van der Waals surface area (Å²) in [5, 5.41) is 4.29. The number of aryl methyl sites for hydroxylation is 1. The van der Waals surface area contributed by atoms with Crippen molar-refractivity contribution in [1.29, 1.82) is 0 Å². The molecule has 3 aromatic rings. The van der Waals surface area contributed by atoms with Gasteiger partial charge in [-0.15, -0.1) is 5.10 Å². The van der Waals surface area contributed by atoms with Gasteiger partial charge in [-0.3, -0.25) is 4.79 Å². The van der Waals surface area contributed by atoms with Crippen LogP contribution < -0.4 is 9.64 Å². The Hall–Kier alpha value is -2.96. The third-order valence-corrected chi connectivity index (χ3v) is 4.24. The Kier molecular flexibility index (Phi) is 3.23. The molecule has 0 saturated carbocycles. The summed E-state index contributed by atoms with van der Waals surface area (Å²) in [6.07, 6.45) is 4.29. The Labute approximate surface area is 138 Å². The highest BCUT2D eigenvalue weighted by atomic mass is 16.5. The molecule has 0 fully saturated rings. The second-order valence-corrected chi connectivity index (χ2v) is 6.03. The lowest BCUT2D eigenvalue weighted by molar-refractivity contribution is 0.0971. The Morgan fingerprint density at radius 2 is 2.21 bits per heavy atom. The molecular formula is C17H17N5O2. The predicted molar refractivity (Wildman–Crippen MR) is 88.5 cm³/mol. The van der Waals surface area contributed by atoms with Crippen molar-refractivity contribution in [2.75, 3.05) is 12.0 Å². The van der Waals surface area contributed by atoms with Gasteiger partial charge in [0.15, 0.2) is 0 Å². The number of carbonyl (C=O) groups excluding carboxylic acids is 1. The Bertz CT molecular complexity index is 949. The molecule has 4 rings (SSSR count). The van der Waals surface area contributed by atoms with Crippen molar-refractivity contribution in [3.05, 3.63) is 47.5 Å². The molecule has 1 aliphatic rings. The monoisotopic (exact) mass is 323 g/mol. The van der Waals surface area contributed by atoms with E-state index in [1.165, 1.54) is 4.52 Å². The summed E-state index contributed by atoms with van der Waals surface area (Å²) in [6, 6.07) is 5.79. The van der Waals surface area contributed by atoms with Crippen LogP contribution in [-0.2, 0) is 6.42 Å². The van der Waals surface area contributed by atoms with E-state index in [9.17, 15) is 4.79 Å². The maximum absolute atomic E-state index is 13.0. The minimum absolute atomic E-state index is 0.0425. The highest BCUT2D eigenvalue weighted by Crippen LogP contribution is 2.35. The van der Waals surface area contributed by atoms with E-state index in [-0.39, 0.29) is 17.8 Å². The van der Waals surface area contributed by atoms with Crippen LogP contribution in [-0.4, -0.2) is 38.6 Å². The lowest BCUT2D eigenvalue weighted by Crippen LogP contribution is -2.36. The number of amides is 1. The molecule has 1 amide bonds. The fourth-order valence-electron chi connectivity index (χ4n) is 3.12. The van der Waals surface area contributed by atoms with Gasteiger partial charge in [-0.2, -0.15) is 4.98 Å². The lowest BCUT2D eigenvalue weighted by Gasteiger charge is -2.21. The summed E-state index contributed by atoms with van der Waals surface area (Å²) in [6.45, 7) is 3.93. The van der Waals surface area contributed by atoms with Crippen LogP contribution in [0.25, 0.3) is 5.78 Å². The molecular weight excluding hydrogens is 306 g/mol. The molecule has 0 N–H and O–H groups in total. The summed E-state index contributed by atoms with van der Waals surface area (Å²) >= 11 is 0. The smallest absolute Gasteiger partial charge is 0.298 e. The van der Waals surface area contributed by atoms with Crippen molar-refractivity contribution in [2.45, 2.75) is 26.3 Å². The molecule has 1 aromatic carbocycles. The predicted octanol–water partition coefficient (Wildman–Crippen LogP) is 2.03. The van der Waals surface area contributed by atoms with Gasteiger partial charge in [-0.25, -0.2) is 9.50 Å². The standard InChI is InChI=1S/C17H17N5O2/c1-10-8-18-17-19-15(20-21(17)9-10)16(23)22-11(2)6-12-7-13(24-3)4-5-14(12)22/h4-5,7-9,11H,6H2,1-3H3. The first kappa shape index (κ1) is 14.6. The zero-order valence-corrected chi connectivity index (χ0v) is 13.7. The highest BCUT2D eigenvalue weighted by molar-refractivity contribution is 6.05. The van der Waals surface area contributed by atoms with Crippen molar-refractivity contribution >= 4 is 17.4 Å². The number of hydrogen-bond donors (Lipinski definition) is 0. The molecule has 2 aromatic heterocycles. The third-order valence-electron chi connectivity index (χ3n) is 4.24. The summed E-state index contributed by atoms with van der Waals surface area (Å²) in [4.78, 5) is 23.2. The SMILES string of the molecule is COc1ccc2c(c1)CC(C)N2C(=O)c1nc2ncc(C)cn2n1. The number of anilines is 1. The van der Waals surface area contributed by atoms with Gasteiger partial charge in [-0.1, -0.05) is 0 Å². The van der Waals surface area contributed by atoms with E-state index in [0.717, 1.165) is 29.0 Å². The quantitative estimate of drug-likeness (QED) is 0.721. The number of benzene rings is 1. The number of aromatic nitrogens is 4. The maximum atomic E-state index is 13.0. The first-order chi connectivity index (χ1) is 11.6. The minimum atomic E-state index is -0.213. The number of fused-ring (bicyclic) bond motifs is 2. The zero-order chi connectivity index (χ0) is 16.8. The number of hydrogen-bond acceptors (Lipinski definition) is 5. The van der Waals surface area contributed by atoms with E-state index in [1.54, 1.807) is 24.4 Å². The largest absolute Gasteiger partial charge is 0.497 e. The number of nitrogens with zero attached hydrogens (tertiary/aromatic N) is 5. The molecule has 0 radical (unpaired) electrons. The van der Waals surface area contributed by atoms with Gasteiger partial charge in [0.05, 0.1) is 7.11 Å². The van der Waals surface area contributed by atoms with Gasteiger partial charge in [0.25, 0.3) is 11.7 Å². The van der Waals surface area contributed by atoms with E-state index < -0.39 is 0 Å². The Morgan fingerprint density at radius 3 is 3.00 bits per heavy atom. The van der Waals surface area contributed by atoms with Crippen molar-refractivity contribution in [3.63, 3.8) is 0 Å². The molecule has 24 heavy (non-hydrogen) atoms. The van der Waals surface area contributed by atoms with Crippen LogP contribution in [0.5, 0.6) is 5.75 Å². The first-order valence-corrected chi connectivity index (χ1v) is 7.76. The lowest BCUT2D eigenvalue weighted by atomic mass is 10.1. The fraction of sp³-hybridized carbons (Fsp3) is 0.294. The van der Waals surface area contributed by atoms with Crippen LogP contribution in [0.15, 0.2) is 30.6 Å². The van der Waals surface area contributed by atoms with Gasteiger partial charge in [0, 0.05) is 24.1 Å². The number of carbonyl (C=O) groups is 1. The van der Waals surface area contributed by atoms with Gasteiger partial charge in [0.2, 0.25) is 5.82 Å². The summed E-state index contributed by atoms with van der Waals surface area (Å²) < 4.78 is 6.81. The van der Waals surface area contributed by atoms with Crippen LogP contribution in [0.1, 0.15) is 28.7 Å². The number of ether oxygens (including phenoxy) is 1. The van der Waals surface area contributed by atoms with Gasteiger partial charge in [-0.05, 0) is 49.6 Å².